The Hall–Kier alpha value is -3.82. The molecule has 0 amide bonds. The number of hydrogen-bond donors (Lipinski definition) is 2. The molecule has 5 rings (SSSR count). The second kappa shape index (κ2) is 9.98. The van der Waals surface area contributed by atoms with Gasteiger partial charge in [-0.15, -0.1) is 5.10 Å². The minimum atomic E-state index is -0.367. The van der Waals surface area contributed by atoms with Crippen molar-refractivity contribution >= 4 is 22.5 Å². The van der Waals surface area contributed by atoms with Gasteiger partial charge in [0, 0.05) is 29.3 Å². The van der Waals surface area contributed by atoms with Gasteiger partial charge in [-0.3, -0.25) is 0 Å². The van der Waals surface area contributed by atoms with Crippen molar-refractivity contribution in [2.75, 3.05) is 6.54 Å². The highest BCUT2D eigenvalue weighted by Gasteiger charge is 2.23. The second-order valence-electron chi connectivity index (χ2n) is 7.95. The number of phenolic OH excluding ortho intramolecular Hbond substituents is 1. The smallest absolute Gasteiger partial charge is 0.174 e. The molecule has 0 saturated heterocycles. The molecule has 3 heterocycles. The predicted molar refractivity (Wildman–Crippen MR) is 128 cm³/mol. The first kappa shape index (κ1) is 22.0. The summed E-state index contributed by atoms with van der Waals surface area (Å²) in [6, 6.07) is 16.5. The minimum Gasteiger partial charge on any atom is -0.506 e. The number of imidazole rings is 1. The maximum absolute atomic E-state index is 10.4. The number of nitrogens with zero attached hydrogens (tertiary/aromatic N) is 7. The van der Waals surface area contributed by atoms with Gasteiger partial charge >= 0.3 is 0 Å². The molecule has 1 unspecified atom stereocenters. The molecule has 1 atom stereocenters. The van der Waals surface area contributed by atoms with Crippen LogP contribution in [0.5, 0.6) is 5.75 Å². The number of nitrogens with one attached hydrogen (secondary N) is 1. The largest absolute Gasteiger partial charge is 0.506 e. The van der Waals surface area contributed by atoms with Gasteiger partial charge in [-0.1, -0.05) is 41.9 Å². The molecule has 10 heteroatoms. The fraction of sp³-hybridized carbons (Fsp3) is 0.208. The van der Waals surface area contributed by atoms with Crippen molar-refractivity contribution in [2.24, 2.45) is 0 Å². The van der Waals surface area contributed by atoms with Crippen molar-refractivity contribution in [3.63, 3.8) is 0 Å². The number of hydrogen-bond acceptors (Lipinski definition) is 7. The van der Waals surface area contributed by atoms with E-state index in [1.165, 1.54) is 0 Å². The average Bonchev–Trinajstić information content (AvgIpc) is 3.53. The molecule has 3 aromatic heterocycles. The number of aromatic nitrogens is 7. The first-order valence-corrected chi connectivity index (χ1v) is 11.3. The summed E-state index contributed by atoms with van der Waals surface area (Å²) in [6.07, 6.45) is 6.40. The zero-order chi connectivity index (χ0) is 23.3. The topological polar surface area (TPSA) is 107 Å². The van der Waals surface area contributed by atoms with Crippen molar-refractivity contribution in [1.82, 2.24) is 40.1 Å². The SMILES string of the molecule is Oc1cccc2ccc(C(NCCCn3ccnc3)c3nnnn3Cc3ccc(Cl)cc3)nc12. The maximum atomic E-state index is 10.4. The number of phenols is 1. The third kappa shape index (κ3) is 4.90. The van der Waals surface area contributed by atoms with Crippen LogP contribution in [0.4, 0.5) is 0 Å². The van der Waals surface area contributed by atoms with E-state index < -0.39 is 0 Å². The van der Waals surface area contributed by atoms with Crippen LogP contribution >= 0.6 is 11.6 Å². The average molecular weight is 475 g/mol. The Kier molecular flexibility index (Phi) is 6.46. The normalized spacial score (nSPS) is 12.3. The Morgan fingerprint density at radius 1 is 1.06 bits per heavy atom. The van der Waals surface area contributed by atoms with E-state index in [9.17, 15) is 5.11 Å². The van der Waals surface area contributed by atoms with Gasteiger partial charge < -0.3 is 15.0 Å². The van der Waals surface area contributed by atoms with E-state index in [0.29, 0.717) is 29.5 Å². The molecule has 172 valence electrons. The molecule has 0 radical (unpaired) electrons. The Labute approximate surface area is 201 Å². The third-order valence-electron chi connectivity index (χ3n) is 5.58. The van der Waals surface area contributed by atoms with Gasteiger partial charge in [0.05, 0.1) is 18.6 Å². The molecule has 0 saturated carbocycles. The molecule has 0 bridgehead atoms. The van der Waals surface area contributed by atoms with Crippen molar-refractivity contribution in [3.8, 4) is 5.75 Å². The van der Waals surface area contributed by atoms with E-state index in [-0.39, 0.29) is 11.8 Å². The van der Waals surface area contributed by atoms with Crippen LogP contribution in [0.3, 0.4) is 0 Å². The summed E-state index contributed by atoms with van der Waals surface area (Å²) >= 11 is 6.03. The zero-order valence-corrected chi connectivity index (χ0v) is 19.0. The summed E-state index contributed by atoms with van der Waals surface area (Å²) in [7, 11) is 0. The number of benzene rings is 2. The monoisotopic (exact) mass is 474 g/mol. The molecule has 0 spiro atoms. The number of halogens is 1. The van der Waals surface area contributed by atoms with Crippen LogP contribution in [0.15, 0.2) is 73.3 Å². The van der Waals surface area contributed by atoms with Gasteiger partial charge in [0.1, 0.15) is 17.3 Å². The van der Waals surface area contributed by atoms with Gasteiger partial charge in [0.2, 0.25) is 0 Å². The predicted octanol–water partition coefficient (Wildman–Crippen LogP) is 3.59. The molecule has 2 N–H and O–H groups in total. The minimum absolute atomic E-state index is 0.138. The second-order valence-corrected chi connectivity index (χ2v) is 8.38. The zero-order valence-electron chi connectivity index (χ0n) is 18.3. The van der Waals surface area contributed by atoms with Crippen LogP contribution in [0.1, 0.15) is 29.5 Å². The fourth-order valence-corrected chi connectivity index (χ4v) is 3.98. The fourth-order valence-electron chi connectivity index (χ4n) is 3.86. The van der Waals surface area contributed by atoms with Crippen molar-refractivity contribution in [1.29, 1.82) is 0 Å². The summed E-state index contributed by atoms with van der Waals surface area (Å²) in [5.41, 5.74) is 2.30. The molecule has 0 aliphatic heterocycles. The molecule has 2 aromatic carbocycles. The molecular weight excluding hydrogens is 452 g/mol. The number of tetrazole rings is 1. The molecular formula is C24H23ClN8O. The quantitative estimate of drug-likeness (QED) is 0.314. The number of fused-ring (bicyclic) bond motifs is 1. The summed E-state index contributed by atoms with van der Waals surface area (Å²) in [6.45, 7) is 2.03. The number of pyridine rings is 1. The lowest BCUT2D eigenvalue weighted by Crippen LogP contribution is -2.28. The van der Waals surface area contributed by atoms with Crippen LogP contribution in [0.2, 0.25) is 5.02 Å². The molecule has 0 aliphatic carbocycles. The molecule has 5 aromatic rings. The number of para-hydroxylation sites is 1. The molecule has 0 aliphatic rings. The molecule has 9 nitrogen and oxygen atoms in total. The molecule has 34 heavy (non-hydrogen) atoms. The number of aryl methyl sites for hydroxylation is 1. The first-order valence-electron chi connectivity index (χ1n) is 11.0. The van der Waals surface area contributed by atoms with E-state index in [4.69, 9.17) is 16.6 Å². The summed E-state index contributed by atoms with van der Waals surface area (Å²) < 4.78 is 3.79. The van der Waals surface area contributed by atoms with Crippen LogP contribution in [-0.2, 0) is 13.1 Å². The highest BCUT2D eigenvalue weighted by molar-refractivity contribution is 6.30. The summed E-state index contributed by atoms with van der Waals surface area (Å²) in [5.74, 6) is 0.777. The third-order valence-corrected chi connectivity index (χ3v) is 5.83. The van der Waals surface area contributed by atoms with Crippen LogP contribution in [0, 0.1) is 0 Å². The Balaban J connectivity index is 1.44. The summed E-state index contributed by atoms with van der Waals surface area (Å²) in [4.78, 5) is 8.85. The maximum Gasteiger partial charge on any atom is 0.174 e. The van der Waals surface area contributed by atoms with E-state index in [1.807, 2.05) is 53.2 Å². The van der Waals surface area contributed by atoms with Gasteiger partial charge in [0.25, 0.3) is 0 Å². The lowest BCUT2D eigenvalue weighted by atomic mass is 10.1. The van der Waals surface area contributed by atoms with Crippen LogP contribution < -0.4 is 5.32 Å². The lowest BCUT2D eigenvalue weighted by molar-refractivity contribution is 0.478. The standard InChI is InChI=1S/C24H23ClN8O/c25-19-8-5-17(6-9-19)15-33-24(29-30-31-33)23(27-11-2-13-32-14-12-26-16-32)20-10-7-18-3-1-4-21(34)22(18)28-20/h1,3-10,12,14,16,23,27,34H,2,11,13,15H2. The van der Waals surface area contributed by atoms with Gasteiger partial charge in [-0.05, 0) is 53.2 Å². The van der Waals surface area contributed by atoms with Crippen LogP contribution in [-0.4, -0.2) is 46.4 Å². The number of rotatable bonds is 9. The number of aromatic hydroxyl groups is 1. The van der Waals surface area contributed by atoms with Crippen molar-refractivity contribution in [3.05, 3.63) is 95.4 Å². The van der Waals surface area contributed by atoms with Crippen molar-refractivity contribution < 1.29 is 5.11 Å². The van der Waals surface area contributed by atoms with Crippen LogP contribution in [0.25, 0.3) is 10.9 Å². The summed E-state index contributed by atoms with van der Waals surface area (Å²) in [5, 5.41) is 27.9. The Morgan fingerprint density at radius 2 is 1.94 bits per heavy atom. The van der Waals surface area contributed by atoms with E-state index in [1.54, 1.807) is 29.3 Å². The van der Waals surface area contributed by atoms with E-state index >= 15 is 0 Å². The van der Waals surface area contributed by atoms with Gasteiger partial charge in [-0.25, -0.2) is 14.6 Å². The lowest BCUT2D eigenvalue weighted by Gasteiger charge is -2.19. The Bertz CT molecular complexity index is 1370. The van der Waals surface area contributed by atoms with Gasteiger partial charge in [-0.2, -0.15) is 0 Å². The van der Waals surface area contributed by atoms with E-state index in [0.717, 1.165) is 29.6 Å². The van der Waals surface area contributed by atoms with E-state index in [2.05, 4.69) is 25.8 Å². The Morgan fingerprint density at radius 3 is 2.76 bits per heavy atom. The highest BCUT2D eigenvalue weighted by Crippen LogP contribution is 2.26. The highest BCUT2D eigenvalue weighted by atomic mass is 35.5. The molecule has 0 fully saturated rings. The van der Waals surface area contributed by atoms with Crippen molar-refractivity contribution in [2.45, 2.75) is 25.6 Å². The van der Waals surface area contributed by atoms with Gasteiger partial charge in [0.15, 0.2) is 5.82 Å². The first-order chi connectivity index (χ1) is 16.7.